The van der Waals surface area contributed by atoms with Crippen molar-refractivity contribution < 1.29 is 0 Å². The van der Waals surface area contributed by atoms with Gasteiger partial charge in [-0.25, -0.2) is 19.9 Å². The first-order valence-electron chi connectivity index (χ1n) is 5.57. The normalized spacial score (nSPS) is 11.0. The van der Waals surface area contributed by atoms with Gasteiger partial charge in [-0.3, -0.25) is 0 Å². The summed E-state index contributed by atoms with van der Waals surface area (Å²) in [5.74, 6) is 1.80. The van der Waals surface area contributed by atoms with Crippen LogP contribution in [-0.4, -0.2) is 36.5 Å². The third kappa shape index (κ3) is 1.69. The third-order valence-corrected chi connectivity index (χ3v) is 2.86. The zero-order chi connectivity index (χ0) is 12.5. The highest BCUT2D eigenvalue weighted by atomic mass is 15.2. The molecule has 0 amide bonds. The number of hydrogen-bond donors (Lipinski definition) is 1. The number of aromatic amines is 1. The van der Waals surface area contributed by atoms with Crippen molar-refractivity contribution >= 4 is 17.0 Å². The van der Waals surface area contributed by atoms with Crippen LogP contribution in [0, 0.1) is 0 Å². The summed E-state index contributed by atoms with van der Waals surface area (Å²) < 4.78 is 1.99. The maximum atomic E-state index is 4.30. The van der Waals surface area contributed by atoms with E-state index < -0.39 is 0 Å². The van der Waals surface area contributed by atoms with Crippen molar-refractivity contribution in [3.8, 4) is 0 Å². The lowest BCUT2D eigenvalue weighted by molar-refractivity contribution is 0.756. The van der Waals surface area contributed by atoms with Gasteiger partial charge in [0.25, 0.3) is 0 Å². The van der Waals surface area contributed by atoms with Crippen molar-refractivity contribution in [1.29, 1.82) is 0 Å². The van der Waals surface area contributed by atoms with E-state index in [4.69, 9.17) is 0 Å². The molecule has 3 rings (SSSR count). The molecule has 3 heterocycles. The Morgan fingerprint density at radius 1 is 1.28 bits per heavy atom. The van der Waals surface area contributed by atoms with Gasteiger partial charge in [-0.2, -0.15) is 0 Å². The third-order valence-electron chi connectivity index (χ3n) is 2.86. The number of hydrogen-bond acceptors (Lipinski definition) is 5. The van der Waals surface area contributed by atoms with Gasteiger partial charge in [0, 0.05) is 26.5 Å². The molecule has 1 N–H and O–H groups in total. The number of nitrogens with zero attached hydrogens (tertiary/aromatic N) is 6. The molecule has 0 bridgehead atoms. The van der Waals surface area contributed by atoms with Crippen molar-refractivity contribution in [3.63, 3.8) is 0 Å². The Bertz CT molecular complexity index is 669. The van der Waals surface area contributed by atoms with E-state index in [1.807, 2.05) is 29.8 Å². The second-order valence-corrected chi connectivity index (χ2v) is 4.11. The smallest absolute Gasteiger partial charge is 0.182 e. The van der Waals surface area contributed by atoms with Crippen LogP contribution in [0.2, 0.25) is 0 Å². The van der Waals surface area contributed by atoms with Crippen LogP contribution in [0.1, 0.15) is 5.82 Å². The molecule has 0 aliphatic rings. The summed E-state index contributed by atoms with van der Waals surface area (Å²) in [6.07, 6.45) is 6.86. The molecule has 0 aromatic carbocycles. The van der Waals surface area contributed by atoms with Gasteiger partial charge in [0.1, 0.15) is 17.7 Å². The van der Waals surface area contributed by atoms with Crippen LogP contribution in [0.5, 0.6) is 0 Å². The van der Waals surface area contributed by atoms with E-state index in [1.54, 1.807) is 12.5 Å². The largest absolute Gasteiger partial charge is 0.350 e. The lowest BCUT2D eigenvalue weighted by atomic mass is 10.4. The van der Waals surface area contributed by atoms with Gasteiger partial charge in [-0.05, 0) is 0 Å². The van der Waals surface area contributed by atoms with Crippen LogP contribution in [0.3, 0.4) is 0 Å². The molecule has 92 valence electrons. The Morgan fingerprint density at radius 3 is 2.94 bits per heavy atom. The summed E-state index contributed by atoms with van der Waals surface area (Å²) in [6, 6.07) is 0. The topological polar surface area (TPSA) is 75.5 Å². The zero-order valence-corrected chi connectivity index (χ0v) is 10.2. The van der Waals surface area contributed by atoms with E-state index in [1.165, 1.54) is 6.33 Å². The van der Waals surface area contributed by atoms with Crippen LogP contribution >= 0.6 is 0 Å². The van der Waals surface area contributed by atoms with E-state index in [9.17, 15) is 0 Å². The number of rotatable bonds is 3. The highest BCUT2D eigenvalue weighted by Gasteiger charge is 2.12. The molecule has 0 fully saturated rings. The van der Waals surface area contributed by atoms with Crippen molar-refractivity contribution in [2.45, 2.75) is 6.54 Å². The molecule has 7 heteroatoms. The Kier molecular flexibility index (Phi) is 2.44. The maximum Gasteiger partial charge on any atom is 0.182 e. The first-order valence-corrected chi connectivity index (χ1v) is 5.57. The average Bonchev–Trinajstić information content (AvgIpc) is 2.98. The minimum absolute atomic E-state index is 0.673. The number of aryl methyl sites for hydroxylation is 1. The predicted molar refractivity (Wildman–Crippen MR) is 67.0 cm³/mol. The molecule has 18 heavy (non-hydrogen) atoms. The zero-order valence-electron chi connectivity index (χ0n) is 10.2. The van der Waals surface area contributed by atoms with Crippen molar-refractivity contribution in [2.24, 2.45) is 7.05 Å². The number of nitrogens with one attached hydrogen (secondary N) is 1. The fraction of sp³-hybridized carbons (Fsp3) is 0.273. The van der Waals surface area contributed by atoms with Gasteiger partial charge in [-0.15, -0.1) is 0 Å². The molecule has 3 aromatic heterocycles. The van der Waals surface area contributed by atoms with Gasteiger partial charge < -0.3 is 14.5 Å². The van der Waals surface area contributed by atoms with Gasteiger partial charge in [0.05, 0.1) is 12.9 Å². The summed E-state index contributed by atoms with van der Waals surface area (Å²) >= 11 is 0. The molecule has 0 saturated heterocycles. The van der Waals surface area contributed by atoms with E-state index in [2.05, 4.69) is 24.9 Å². The number of aromatic nitrogens is 6. The van der Waals surface area contributed by atoms with Crippen LogP contribution in [0.15, 0.2) is 25.0 Å². The maximum absolute atomic E-state index is 4.30. The van der Waals surface area contributed by atoms with Crippen molar-refractivity contribution in [1.82, 2.24) is 29.5 Å². The van der Waals surface area contributed by atoms with Crippen LogP contribution < -0.4 is 4.90 Å². The molecule has 0 saturated carbocycles. The van der Waals surface area contributed by atoms with Crippen LogP contribution in [0.25, 0.3) is 11.2 Å². The monoisotopic (exact) mass is 243 g/mol. The summed E-state index contributed by atoms with van der Waals surface area (Å²) in [5.41, 5.74) is 1.51. The highest BCUT2D eigenvalue weighted by Crippen LogP contribution is 2.19. The lowest BCUT2D eigenvalue weighted by Gasteiger charge is -2.17. The fourth-order valence-electron chi connectivity index (χ4n) is 1.88. The van der Waals surface area contributed by atoms with E-state index in [0.29, 0.717) is 12.2 Å². The van der Waals surface area contributed by atoms with Crippen molar-refractivity contribution in [3.05, 3.63) is 30.9 Å². The summed E-state index contributed by atoms with van der Waals surface area (Å²) in [5, 5.41) is 0. The van der Waals surface area contributed by atoms with E-state index in [0.717, 1.165) is 17.2 Å². The molecule has 3 aromatic rings. The lowest BCUT2D eigenvalue weighted by Crippen LogP contribution is -2.20. The van der Waals surface area contributed by atoms with Gasteiger partial charge in [-0.1, -0.05) is 0 Å². The summed E-state index contributed by atoms with van der Waals surface area (Å²) in [6.45, 7) is 0.675. The minimum Gasteiger partial charge on any atom is -0.350 e. The summed E-state index contributed by atoms with van der Waals surface area (Å²) in [4.78, 5) is 21.9. The molecule has 0 aliphatic heterocycles. The van der Waals surface area contributed by atoms with Crippen LogP contribution in [-0.2, 0) is 13.6 Å². The standard InChI is InChI=1S/C11H13N7/c1-17-4-3-12-8(17)5-18(2)11-9-10(14-6-13-9)15-7-16-11/h3-4,6-7H,5H2,1-2H3,(H,13,14,15,16). The Morgan fingerprint density at radius 2 is 2.17 bits per heavy atom. The second-order valence-electron chi connectivity index (χ2n) is 4.11. The minimum atomic E-state index is 0.673. The fourth-order valence-corrected chi connectivity index (χ4v) is 1.88. The van der Waals surface area contributed by atoms with E-state index in [-0.39, 0.29) is 0 Å². The Balaban J connectivity index is 1.95. The average molecular weight is 243 g/mol. The molecule has 0 radical (unpaired) electrons. The Hall–Kier alpha value is -2.44. The second kappa shape index (κ2) is 4.10. The van der Waals surface area contributed by atoms with Gasteiger partial charge in [0.15, 0.2) is 11.5 Å². The molecular formula is C11H13N7. The molecule has 0 unspecified atom stereocenters. The molecule has 0 spiro atoms. The highest BCUT2D eigenvalue weighted by molar-refractivity contribution is 5.82. The quantitative estimate of drug-likeness (QED) is 0.733. The summed E-state index contributed by atoms with van der Waals surface area (Å²) in [7, 11) is 3.94. The molecular weight excluding hydrogens is 230 g/mol. The number of H-pyrrole nitrogens is 1. The number of anilines is 1. The first-order chi connectivity index (χ1) is 8.75. The SMILES string of the molecule is CN(Cc1nccn1C)c1ncnc2nc[nH]c12. The van der Waals surface area contributed by atoms with Crippen molar-refractivity contribution in [2.75, 3.05) is 11.9 Å². The van der Waals surface area contributed by atoms with Gasteiger partial charge in [0.2, 0.25) is 0 Å². The predicted octanol–water partition coefficient (Wildman–Crippen LogP) is 0.723. The van der Waals surface area contributed by atoms with E-state index >= 15 is 0 Å². The first kappa shape index (κ1) is 10.7. The number of fused-ring (bicyclic) bond motifs is 1. The molecule has 0 atom stereocenters. The molecule has 0 aliphatic carbocycles. The van der Waals surface area contributed by atoms with Crippen LogP contribution in [0.4, 0.5) is 5.82 Å². The Labute approximate surface area is 104 Å². The number of imidazole rings is 2. The molecule has 7 nitrogen and oxygen atoms in total. The van der Waals surface area contributed by atoms with Gasteiger partial charge >= 0.3 is 0 Å².